The number of nitrogens with zero attached hydrogens (tertiary/aromatic N) is 1. The summed E-state index contributed by atoms with van der Waals surface area (Å²) in [6, 6.07) is 14.8. The summed E-state index contributed by atoms with van der Waals surface area (Å²) in [6.45, 7) is 3.13. The van der Waals surface area contributed by atoms with Gasteiger partial charge in [0.2, 0.25) is 0 Å². The fourth-order valence-corrected chi connectivity index (χ4v) is 2.90. The molecule has 0 atom stereocenters. The van der Waals surface area contributed by atoms with Gasteiger partial charge in [0.1, 0.15) is 0 Å². The van der Waals surface area contributed by atoms with Gasteiger partial charge in [0.25, 0.3) is 11.8 Å². The van der Waals surface area contributed by atoms with Crippen LogP contribution in [0.15, 0.2) is 54.7 Å². The Hall–Kier alpha value is -3.28. The molecule has 0 bridgehead atoms. The molecule has 1 heterocycles. The number of carbonyl (C=O) groups excluding carboxylic acids is 2. The second-order valence-corrected chi connectivity index (χ2v) is 6.48. The Bertz CT molecular complexity index is 931. The molecule has 1 aromatic heterocycles. The Labute approximate surface area is 158 Å². The zero-order valence-electron chi connectivity index (χ0n) is 15.6. The van der Waals surface area contributed by atoms with E-state index in [4.69, 9.17) is 0 Å². The number of carbonyl (C=O) groups is 2. The van der Waals surface area contributed by atoms with Crippen molar-refractivity contribution in [3.8, 4) is 0 Å². The van der Waals surface area contributed by atoms with Crippen LogP contribution in [0.5, 0.6) is 0 Å². The van der Waals surface area contributed by atoms with Crippen LogP contribution in [0, 0.1) is 0 Å². The average Bonchev–Trinajstić information content (AvgIpc) is 3.14. The molecule has 0 saturated carbocycles. The minimum absolute atomic E-state index is 0.356. The van der Waals surface area contributed by atoms with Crippen LogP contribution in [0.4, 0.5) is 5.69 Å². The summed E-state index contributed by atoms with van der Waals surface area (Å²) in [5.74, 6) is -0.720. The van der Waals surface area contributed by atoms with Crippen LogP contribution in [-0.4, -0.2) is 30.4 Å². The molecule has 0 aliphatic rings. The van der Waals surface area contributed by atoms with Crippen molar-refractivity contribution < 1.29 is 9.59 Å². The number of aromatic amines is 1. The zero-order valence-corrected chi connectivity index (χ0v) is 15.6. The van der Waals surface area contributed by atoms with Crippen LogP contribution in [-0.2, 0) is 0 Å². The standard InChI is InChI=1S/C21H24N4O2/c1-3-4-13-25(2)16-11-9-15(10-12-16)20(26)23-24-21(27)18-14-22-19-8-6-5-7-17(18)19/h5-12,14,22H,3-4,13H2,1-2H3,(H,23,26)(H,24,27). The lowest BCUT2D eigenvalue weighted by atomic mass is 10.1. The molecule has 0 aliphatic heterocycles. The van der Waals surface area contributed by atoms with E-state index in [0.717, 1.165) is 36.0 Å². The SMILES string of the molecule is CCCCN(C)c1ccc(C(=O)NNC(=O)c2c[nH]c3ccccc23)cc1. The van der Waals surface area contributed by atoms with E-state index in [0.29, 0.717) is 11.1 Å². The third kappa shape index (κ3) is 4.28. The van der Waals surface area contributed by atoms with Gasteiger partial charge in [-0.1, -0.05) is 31.5 Å². The predicted molar refractivity (Wildman–Crippen MR) is 108 cm³/mol. The molecule has 27 heavy (non-hydrogen) atoms. The molecule has 0 unspecified atom stereocenters. The number of unbranched alkanes of at least 4 members (excludes halogenated alkanes) is 1. The summed E-state index contributed by atoms with van der Waals surface area (Å²) in [6.07, 6.45) is 3.90. The summed E-state index contributed by atoms with van der Waals surface area (Å²) in [5, 5.41) is 0.809. The summed E-state index contributed by atoms with van der Waals surface area (Å²) >= 11 is 0. The molecule has 0 radical (unpaired) electrons. The van der Waals surface area contributed by atoms with Crippen molar-refractivity contribution in [2.75, 3.05) is 18.5 Å². The van der Waals surface area contributed by atoms with Crippen LogP contribution < -0.4 is 15.8 Å². The minimum atomic E-state index is -0.364. The highest BCUT2D eigenvalue weighted by atomic mass is 16.2. The molecule has 3 aromatic rings. The molecule has 2 aromatic carbocycles. The van der Waals surface area contributed by atoms with Crippen LogP contribution in [0.1, 0.15) is 40.5 Å². The number of hydrogen-bond donors (Lipinski definition) is 3. The number of hydrazine groups is 1. The van der Waals surface area contributed by atoms with Crippen molar-refractivity contribution in [2.24, 2.45) is 0 Å². The molecular weight excluding hydrogens is 340 g/mol. The molecule has 140 valence electrons. The van der Waals surface area contributed by atoms with Crippen molar-refractivity contribution in [3.05, 3.63) is 65.9 Å². The number of benzene rings is 2. The molecule has 3 N–H and O–H groups in total. The molecule has 0 fully saturated rings. The van der Waals surface area contributed by atoms with E-state index in [2.05, 4.69) is 27.7 Å². The maximum atomic E-state index is 12.3. The number of para-hydroxylation sites is 1. The molecule has 6 heteroatoms. The highest BCUT2D eigenvalue weighted by Crippen LogP contribution is 2.17. The van der Waals surface area contributed by atoms with E-state index in [1.165, 1.54) is 0 Å². The van der Waals surface area contributed by atoms with Gasteiger partial charge in [-0.25, -0.2) is 0 Å². The third-order valence-corrected chi connectivity index (χ3v) is 4.54. The van der Waals surface area contributed by atoms with Crippen LogP contribution in [0.2, 0.25) is 0 Å². The molecular formula is C21H24N4O2. The van der Waals surface area contributed by atoms with Crippen molar-refractivity contribution >= 4 is 28.4 Å². The van der Waals surface area contributed by atoms with Crippen molar-refractivity contribution in [3.63, 3.8) is 0 Å². The van der Waals surface area contributed by atoms with Gasteiger partial charge in [-0.2, -0.15) is 0 Å². The number of amides is 2. The van der Waals surface area contributed by atoms with E-state index in [1.807, 2.05) is 43.4 Å². The number of aromatic nitrogens is 1. The summed E-state index contributed by atoms with van der Waals surface area (Å²) < 4.78 is 0. The highest BCUT2D eigenvalue weighted by molar-refractivity contribution is 6.07. The Morgan fingerprint density at radius 3 is 2.44 bits per heavy atom. The Balaban J connectivity index is 1.59. The van der Waals surface area contributed by atoms with Crippen LogP contribution >= 0.6 is 0 Å². The first kappa shape index (κ1) is 18.5. The second kappa shape index (κ2) is 8.40. The Morgan fingerprint density at radius 1 is 1.00 bits per heavy atom. The number of anilines is 1. The number of fused-ring (bicyclic) bond motifs is 1. The molecule has 6 nitrogen and oxygen atoms in total. The summed E-state index contributed by atoms with van der Waals surface area (Å²) in [4.78, 5) is 29.8. The van der Waals surface area contributed by atoms with E-state index >= 15 is 0 Å². The van der Waals surface area contributed by atoms with Gasteiger partial charge < -0.3 is 9.88 Å². The van der Waals surface area contributed by atoms with Gasteiger partial charge in [0, 0.05) is 41.9 Å². The fourth-order valence-electron chi connectivity index (χ4n) is 2.90. The first-order chi connectivity index (χ1) is 13.1. The summed E-state index contributed by atoms with van der Waals surface area (Å²) in [7, 11) is 2.03. The summed E-state index contributed by atoms with van der Waals surface area (Å²) in [5.41, 5.74) is 7.84. The molecule has 0 aliphatic carbocycles. The average molecular weight is 364 g/mol. The normalized spacial score (nSPS) is 10.6. The van der Waals surface area contributed by atoms with Crippen LogP contribution in [0.25, 0.3) is 10.9 Å². The zero-order chi connectivity index (χ0) is 19.2. The van der Waals surface area contributed by atoms with E-state index in [9.17, 15) is 9.59 Å². The van der Waals surface area contributed by atoms with Gasteiger partial charge in [-0.3, -0.25) is 20.4 Å². The van der Waals surface area contributed by atoms with Crippen molar-refractivity contribution in [1.82, 2.24) is 15.8 Å². The highest BCUT2D eigenvalue weighted by Gasteiger charge is 2.13. The third-order valence-electron chi connectivity index (χ3n) is 4.54. The maximum Gasteiger partial charge on any atom is 0.271 e. The van der Waals surface area contributed by atoms with Crippen molar-refractivity contribution in [1.29, 1.82) is 0 Å². The van der Waals surface area contributed by atoms with Gasteiger partial charge in [0.15, 0.2) is 0 Å². The molecule has 2 amide bonds. The van der Waals surface area contributed by atoms with Crippen molar-refractivity contribution in [2.45, 2.75) is 19.8 Å². The first-order valence-electron chi connectivity index (χ1n) is 9.08. The number of rotatable bonds is 6. The van der Waals surface area contributed by atoms with Gasteiger partial charge in [-0.15, -0.1) is 0 Å². The molecule has 0 saturated heterocycles. The fraction of sp³-hybridized carbons (Fsp3) is 0.238. The van der Waals surface area contributed by atoms with Crippen LogP contribution in [0.3, 0.4) is 0 Å². The first-order valence-corrected chi connectivity index (χ1v) is 9.08. The van der Waals surface area contributed by atoms with E-state index in [-0.39, 0.29) is 11.8 Å². The van der Waals surface area contributed by atoms with Gasteiger partial charge in [-0.05, 0) is 36.8 Å². The molecule has 3 rings (SSSR count). The molecule has 0 spiro atoms. The smallest absolute Gasteiger partial charge is 0.271 e. The lowest BCUT2D eigenvalue weighted by Gasteiger charge is -2.19. The lowest BCUT2D eigenvalue weighted by Crippen LogP contribution is -2.41. The van der Waals surface area contributed by atoms with Gasteiger partial charge >= 0.3 is 0 Å². The number of H-pyrrole nitrogens is 1. The monoisotopic (exact) mass is 364 g/mol. The predicted octanol–water partition coefficient (Wildman–Crippen LogP) is 3.48. The number of hydrogen-bond acceptors (Lipinski definition) is 3. The second-order valence-electron chi connectivity index (χ2n) is 6.48. The topological polar surface area (TPSA) is 77.2 Å². The Kier molecular flexibility index (Phi) is 5.76. The van der Waals surface area contributed by atoms with E-state index < -0.39 is 0 Å². The quantitative estimate of drug-likeness (QED) is 0.586. The van der Waals surface area contributed by atoms with Gasteiger partial charge in [0.05, 0.1) is 5.56 Å². The maximum absolute atomic E-state index is 12.3. The largest absolute Gasteiger partial charge is 0.375 e. The lowest BCUT2D eigenvalue weighted by molar-refractivity contribution is 0.0847. The van der Waals surface area contributed by atoms with E-state index in [1.54, 1.807) is 18.3 Å². The number of nitrogens with one attached hydrogen (secondary N) is 3. The Morgan fingerprint density at radius 2 is 1.70 bits per heavy atom. The minimum Gasteiger partial charge on any atom is -0.375 e.